The molecule has 6 heavy (non-hydrogen) atoms. The fourth-order valence-corrected chi connectivity index (χ4v) is 0.250. The zero-order valence-corrected chi connectivity index (χ0v) is 5.32. The number of rotatable bonds is 2. The van der Waals surface area contributed by atoms with Gasteiger partial charge in [0.2, 0.25) is 0 Å². The summed E-state index contributed by atoms with van der Waals surface area (Å²) in [6.07, 6.45) is 0. The van der Waals surface area contributed by atoms with E-state index in [-0.39, 0.29) is 0 Å². The second-order valence-corrected chi connectivity index (χ2v) is 2.70. The van der Waals surface area contributed by atoms with Crippen LogP contribution in [0.1, 0.15) is 0 Å². The first kappa shape index (κ1) is 6.14. The van der Waals surface area contributed by atoms with Crippen molar-refractivity contribution in [2.75, 3.05) is 14.2 Å². The summed E-state index contributed by atoms with van der Waals surface area (Å²) in [5.41, 5.74) is 0. The summed E-state index contributed by atoms with van der Waals surface area (Å²) in [6, 6.07) is 0. The summed E-state index contributed by atoms with van der Waals surface area (Å²) in [6.45, 7) is 1.94. The molecule has 0 aliphatic carbocycles. The van der Waals surface area contributed by atoms with Gasteiger partial charge in [0.15, 0.2) is 0 Å². The van der Waals surface area contributed by atoms with Gasteiger partial charge in [-0.3, -0.25) is 0 Å². The molecule has 0 aliphatic rings. The van der Waals surface area contributed by atoms with E-state index < -0.39 is 9.28 Å². The molecule has 3 heteroatoms. The summed E-state index contributed by atoms with van der Waals surface area (Å²) < 4.78 is 9.56. The molecule has 0 aromatic carbocycles. The molecular weight excluding hydrogens is 96.1 g/mol. The summed E-state index contributed by atoms with van der Waals surface area (Å²) in [4.78, 5) is 0. The first-order valence-corrected chi connectivity index (χ1v) is 3.54. The van der Waals surface area contributed by atoms with Gasteiger partial charge >= 0.3 is 0 Å². The molecule has 0 spiro atoms. The largest absolute Gasteiger partial charge is 0.565 e. The van der Waals surface area contributed by atoms with Gasteiger partial charge in [-0.15, -0.1) is 6.55 Å². The predicted octanol–water partition coefficient (Wildman–Crippen LogP) is 0.397. The fraction of sp³-hybridized carbons (Fsp3) is 1.00. The van der Waals surface area contributed by atoms with Crippen LogP contribution < -0.4 is 0 Å². The third-order valence-electron chi connectivity index (χ3n) is 0.575. The van der Waals surface area contributed by atoms with Crippen molar-refractivity contribution in [1.29, 1.82) is 0 Å². The Morgan fingerprint density at radius 3 is 1.50 bits per heavy atom. The van der Waals surface area contributed by atoms with Crippen molar-refractivity contribution in [3.63, 3.8) is 0 Å². The lowest BCUT2D eigenvalue weighted by molar-refractivity contribution is 0.285. The molecule has 0 amide bonds. The molecule has 0 heterocycles. The van der Waals surface area contributed by atoms with Crippen molar-refractivity contribution in [2.45, 2.75) is 6.55 Å². The second-order valence-electron chi connectivity index (χ2n) is 0.900. The first-order valence-electron chi connectivity index (χ1n) is 1.72. The minimum atomic E-state index is -0.868. The fourth-order valence-electron chi connectivity index (χ4n) is 0.0833. The Bertz CT molecular complexity index is 28.0. The Balaban J connectivity index is 2.75. The van der Waals surface area contributed by atoms with Gasteiger partial charge in [-0.2, -0.15) is 0 Å². The highest BCUT2D eigenvalue weighted by Gasteiger charge is 1.73. The van der Waals surface area contributed by atoms with Crippen molar-refractivity contribution in [3.8, 4) is 0 Å². The minimum absolute atomic E-state index is 0.868. The predicted molar refractivity (Wildman–Crippen MR) is 25.6 cm³/mol. The van der Waals surface area contributed by atoms with Gasteiger partial charge in [0.25, 0.3) is 0 Å². The van der Waals surface area contributed by atoms with Crippen LogP contribution >= 0.6 is 0 Å². The van der Waals surface area contributed by atoms with Crippen LogP contribution in [-0.4, -0.2) is 23.5 Å². The van der Waals surface area contributed by atoms with Crippen molar-refractivity contribution in [3.05, 3.63) is 0 Å². The third-order valence-corrected chi connectivity index (χ3v) is 1.72. The zero-order valence-electron chi connectivity index (χ0n) is 4.32. The van der Waals surface area contributed by atoms with E-state index in [2.05, 4.69) is 0 Å². The Morgan fingerprint density at radius 2 is 1.50 bits per heavy atom. The topological polar surface area (TPSA) is 18.5 Å². The van der Waals surface area contributed by atoms with Crippen molar-refractivity contribution < 1.29 is 8.85 Å². The van der Waals surface area contributed by atoms with E-state index in [1.165, 1.54) is 0 Å². The summed E-state index contributed by atoms with van der Waals surface area (Å²) >= 11 is 0. The van der Waals surface area contributed by atoms with Crippen molar-refractivity contribution in [1.82, 2.24) is 0 Å². The Kier molecular flexibility index (Phi) is 3.41. The lowest BCUT2D eigenvalue weighted by atomic mass is 11.8. The maximum Gasteiger partial charge on any atom is 0.0337 e. The molecule has 0 N–H and O–H groups in total. The molecule has 0 radical (unpaired) electrons. The second kappa shape index (κ2) is 3.33. The van der Waals surface area contributed by atoms with Crippen LogP contribution in [0.25, 0.3) is 0 Å². The minimum Gasteiger partial charge on any atom is -0.565 e. The highest BCUT2D eigenvalue weighted by Crippen LogP contribution is 1.77. The molecule has 0 fully saturated rings. The number of hydrogen-bond acceptors (Lipinski definition) is 2. The van der Waals surface area contributed by atoms with Crippen LogP contribution in [0.4, 0.5) is 0 Å². The maximum absolute atomic E-state index is 4.78. The van der Waals surface area contributed by atoms with Gasteiger partial charge in [0, 0.05) is 9.28 Å². The number of hydrogen-bond donors (Lipinski definition) is 0. The van der Waals surface area contributed by atoms with E-state index in [0.717, 1.165) is 0 Å². The summed E-state index contributed by atoms with van der Waals surface area (Å²) in [5.74, 6) is 0. The molecule has 0 saturated heterocycles. The quantitative estimate of drug-likeness (QED) is 0.473. The molecular formula is C3H9O2Si-. The standard InChI is InChI=1S/C3H9O2Si/c1-4-6(3)5-2/h1-3H3/q-1. The van der Waals surface area contributed by atoms with Crippen molar-refractivity contribution >= 4 is 9.28 Å². The van der Waals surface area contributed by atoms with Gasteiger partial charge in [0.05, 0.1) is 0 Å². The first-order chi connectivity index (χ1) is 2.81. The molecule has 38 valence electrons. The van der Waals surface area contributed by atoms with Gasteiger partial charge in [-0.05, 0) is 14.2 Å². The highest BCUT2D eigenvalue weighted by atomic mass is 28.3. The van der Waals surface area contributed by atoms with Crippen LogP contribution in [0.5, 0.6) is 0 Å². The zero-order chi connectivity index (χ0) is 4.99. The molecule has 0 rings (SSSR count). The Labute approximate surface area is 39.9 Å². The summed E-state index contributed by atoms with van der Waals surface area (Å²) in [5, 5.41) is 0. The summed E-state index contributed by atoms with van der Waals surface area (Å²) in [7, 11) is 2.43. The maximum atomic E-state index is 4.78. The van der Waals surface area contributed by atoms with Crippen LogP contribution in [-0.2, 0) is 8.85 Å². The Morgan fingerprint density at radius 1 is 1.17 bits per heavy atom. The van der Waals surface area contributed by atoms with Crippen LogP contribution in [0.2, 0.25) is 6.55 Å². The monoisotopic (exact) mass is 105 g/mol. The van der Waals surface area contributed by atoms with E-state index >= 15 is 0 Å². The molecule has 0 saturated carbocycles. The average Bonchev–Trinajstić information content (AvgIpc) is 1.65. The van der Waals surface area contributed by atoms with Crippen molar-refractivity contribution in [2.24, 2.45) is 0 Å². The van der Waals surface area contributed by atoms with E-state index in [1.54, 1.807) is 14.2 Å². The van der Waals surface area contributed by atoms with E-state index in [9.17, 15) is 0 Å². The van der Waals surface area contributed by atoms with Crippen LogP contribution in [0.3, 0.4) is 0 Å². The van der Waals surface area contributed by atoms with Gasteiger partial charge in [-0.1, -0.05) is 0 Å². The Hall–Kier alpha value is 0.137. The van der Waals surface area contributed by atoms with Gasteiger partial charge in [-0.25, -0.2) is 0 Å². The molecule has 0 aromatic rings. The van der Waals surface area contributed by atoms with Crippen LogP contribution in [0, 0.1) is 0 Å². The molecule has 0 atom stereocenters. The molecule has 0 aliphatic heterocycles. The van der Waals surface area contributed by atoms with E-state index in [1.807, 2.05) is 6.55 Å². The smallest absolute Gasteiger partial charge is 0.0337 e. The molecule has 0 bridgehead atoms. The SMILES string of the molecule is CO[Si-](C)OC. The third kappa shape index (κ3) is 2.38. The van der Waals surface area contributed by atoms with Crippen LogP contribution in [0.15, 0.2) is 0 Å². The average molecular weight is 105 g/mol. The van der Waals surface area contributed by atoms with Gasteiger partial charge < -0.3 is 8.85 Å². The van der Waals surface area contributed by atoms with E-state index in [4.69, 9.17) is 8.85 Å². The highest BCUT2D eigenvalue weighted by molar-refractivity contribution is 6.42. The van der Waals surface area contributed by atoms with E-state index in [0.29, 0.717) is 0 Å². The van der Waals surface area contributed by atoms with Gasteiger partial charge in [0.1, 0.15) is 0 Å². The molecule has 2 nitrogen and oxygen atoms in total. The lowest BCUT2D eigenvalue weighted by Gasteiger charge is -2.18. The normalized spacial score (nSPS) is 10.0. The molecule has 0 aromatic heterocycles. The lowest BCUT2D eigenvalue weighted by Crippen LogP contribution is -2.12. The molecule has 0 unspecified atom stereocenters.